The van der Waals surface area contributed by atoms with Gasteiger partial charge < -0.3 is 19.7 Å². The van der Waals surface area contributed by atoms with Gasteiger partial charge in [0.1, 0.15) is 17.5 Å². The van der Waals surface area contributed by atoms with Gasteiger partial charge in [-0.25, -0.2) is 0 Å². The summed E-state index contributed by atoms with van der Waals surface area (Å²) in [6, 6.07) is 13.8. The molecule has 0 fully saturated rings. The molecule has 2 rings (SSSR count). The molecule has 31 heavy (non-hydrogen) atoms. The number of hydrogen-bond donors (Lipinski definition) is 1. The van der Waals surface area contributed by atoms with Gasteiger partial charge in [-0.15, -0.1) is 0 Å². The lowest BCUT2D eigenvalue weighted by atomic mass is 10.1. The van der Waals surface area contributed by atoms with Gasteiger partial charge in [0.15, 0.2) is 6.61 Å². The van der Waals surface area contributed by atoms with Crippen LogP contribution in [0.25, 0.3) is 0 Å². The predicted octanol–water partition coefficient (Wildman–Crippen LogP) is 4.45. The van der Waals surface area contributed by atoms with E-state index in [0.717, 1.165) is 5.56 Å². The summed E-state index contributed by atoms with van der Waals surface area (Å²) < 4.78 is 11.0. The highest BCUT2D eigenvalue weighted by Crippen LogP contribution is 2.24. The molecule has 1 atom stereocenters. The predicted molar refractivity (Wildman–Crippen MR) is 122 cm³/mol. The zero-order valence-electron chi connectivity index (χ0n) is 18.8. The van der Waals surface area contributed by atoms with Gasteiger partial charge in [-0.3, -0.25) is 9.59 Å². The van der Waals surface area contributed by atoms with E-state index in [1.54, 1.807) is 36.3 Å². The fourth-order valence-electron chi connectivity index (χ4n) is 3.12. The Bertz CT molecular complexity index is 895. The largest absolute Gasteiger partial charge is 0.497 e. The summed E-state index contributed by atoms with van der Waals surface area (Å²) in [6.45, 7) is 7.63. The van der Waals surface area contributed by atoms with Crippen molar-refractivity contribution < 1.29 is 19.1 Å². The van der Waals surface area contributed by atoms with Gasteiger partial charge >= 0.3 is 0 Å². The quantitative estimate of drug-likeness (QED) is 0.617. The van der Waals surface area contributed by atoms with Crippen molar-refractivity contribution in [3.8, 4) is 11.5 Å². The maximum atomic E-state index is 13.2. The number of hydrogen-bond acceptors (Lipinski definition) is 4. The first-order valence-electron chi connectivity index (χ1n) is 10.3. The lowest BCUT2D eigenvalue weighted by molar-refractivity contribution is -0.143. The maximum absolute atomic E-state index is 13.2. The minimum absolute atomic E-state index is 0.205. The molecule has 168 valence electrons. The SMILES string of the molecule is CCC(C(=O)NC(C)(C)C)N(Cc1cccc(OC)c1)C(=O)COc1ccccc1Cl. The summed E-state index contributed by atoms with van der Waals surface area (Å²) in [6.07, 6.45) is 0.462. The average molecular weight is 447 g/mol. The Morgan fingerprint density at radius 3 is 2.45 bits per heavy atom. The molecule has 0 aliphatic rings. The number of carbonyl (C=O) groups excluding carboxylic acids is 2. The van der Waals surface area contributed by atoms with Crippen LogP contribution in [0.2, 0.25) is 5.02 Å². The molecule has 1 N–H and O–H groups in total. The third-order valence-corrected chi connectivity index (χ3v) is 4.87. The summed E-state index contributed by atoms with van der Waals surface area (Å²) in [5, 5.41) is 3.40. The number of halogens is 1. The molecule has 7 heteroatoms. The van der Waals surface area contributed by atoms with Crippen LogP contribution in [0.5, 0.6) is 11.5 Å². The third kappa shape index (κ3) is 7.47. The summed E-state index contributed by atoms with van der Waals surface area (Å²) >= 11 is 6.14. The number of benzene rings is 2. The van der Waals surface area contributed by atoms with Crippen LogP contribution in [0.3, 0.4) is 0 Å². The summed E-state index contributed by atoms with van der Waals surface area (Å²) in [5.41, 5.74) is 0.441. The Labute approximate surface area is 189 Å². The minimum Gasteiger partial charge on any atom is -0.497 e. The van der Waals surface area contributed by atoms with Crippen molar-refractivity contribution >= 4 is 23.4 Å². The van der Waals surface area contributed by atoms with E-state index in [0.29, 0.717) is 22.9 Å². The average Bonchev–Trinajstić information content (AvgIpc) is 2.71. The van der Waals surface area contributed by atoms with E-state index in [1.807, 2.05) is 52.0 Å². The number of nitrogens with one attached hydrogen (secondary N) is 1. The molecule has 6 nitrogen and oxygen atoms in total. The molecule has 0 radical (unpaired) electrons. The molecule has 0 aliphatic heterocycles. The van der Waals surface area contributed by atoms with Crippen LogP contribution in [0.4, 0.5) is 0 Å². The Balaban J connectivity index is 2.27. The topological polar surface area (TPSA) is 67.9 Å². The van der Waals surface area contributed by atoms with Gasteiger partial charge in [0.25, 0.3) is 5.91 Å². The summed E-state index contributed by atoms with van der Waals surface area (Å²) in [5.74, 6) is 0.595. The van der Waals surface area contributed by atoms with E-state index in [-0.39, 0.29) is 25.0 Å². The Morgan fingerprint density at radius 2 is 1.84 bits per heavy atom. The molecule has 0 aromatic heterocycles. The fourth-order valence-corrected chi connectivity index (χ4v) is 3.31. The molecular formula is C24H31ClN2O4. The van der Waals surface area contributed by atoms with Gasteiger partial charge in [-0.05, 0) is 57.0 Å². The van der Waals surface area contributed by atoms with Gasteiger partial charge in [0.2, 0.25) is 5.91 Å². The van der Waals surface area contributed by atoms with Gasteiger partial charge in [0, 0.05) is 12.1 Å². The second-order valence-corrected chi connectivity index (χ2v) is 8.66. The lowest BCUT2D eigenvalue weighted by Crippen LogP contribution is -2.54. The van der Waals surface area contributed by atoms with E-state index in [4.69, 9.17) is 21.1 Å². The number of amides is 2. The highest BCUT2D eigenvalue weighted by atomic mass is 35.5. The van der Waals surface area contributed by atoms with Crippen molar-refractivity contribution in [3.63, 3.8) is 0 Å². The highest BCUT2D eigenvalue weighted by molar-refractivity contribution is 6.32. The molecule has 0 heterocycles. The number of nitrogens with zero attached hydrogens (tertiary/aromatic N) is 1. The molecule has 0 spiro atoms. The Hall–Kier alpha value is -2.73. The van der Waals surface area contributed by atoms with Gasteiger partial charge in [-0.1, -0.05) is 42.8 Å². The van der Waals surface area contributed by atoms with E-state index < -0.39 is 11.6 Å². The second-order valence-electron chi connectivity index (χ2n) is 8.26. The molecule has 2 aromatic carbocycles. The first-order valence-corrected chi connectivity index (χ1v) is 10.6. The molecule has 0 bridgehead atoms. The van der Waals surface area contributed by atoms with E-state index in [2.05, 4.69) is 5.32 Å². The first kappa shape index (κ1) is 24.5. The number of para-hydroxylation sites is 1. The molecule has 2 amide bonds. The van der Waals surface area contributed by atoms with E-state index in [1.165, 1.54) is 0 Å². The zero-order chi connectivity index (χ0) is 23.0. The smallest absolute Gasteiger partial charge is 0.261 e. The number of carbonyl (C=O) groups is 2. The second kappa shape index (κ2) is 11.0. The number of ether oxygens (including phenoxy) is 2. The summed E-state index contributed by atoms with van der Waals surface area (Å²) in [7, 11) is 1.59. The normalized spacial score (nSPS) is 12.1. The van der Waals surface area contributed by atoms with Crippen LogP contribution in [0.15, 0.2) is 48.5 Å². The standard InChI is InChI=1S/C24H31ClN2O4/c1-6-20(23(29)26-24(2,3)4)27(15-17-10-9-11-18(14-17)30-5)22(28)16-31-21-13-8-7-12-19(21)25/h7-14,20H,6,15-16H2,1-5H3,(H,26,29). The minimum atomic E-state index is -0.646. The first-order chi connectivity index (χ1) is 14.6. The van der Waals surface area contributed by atoms with Crippen molar-refractivity contribution in [1.82, 2.24) is 10.2 Å². The highest BCUT2D eigenvalue weighted by Gasteiger charge is 2.31. The van der Waals surface area contributed by atoms with Crippen molar-refractivity contribution in [1.29, 1.82) is 0 Å². The molecule has 0 aliphatic carbocycles. The van der Waals surface area contributed by atoms with Crippen LogP contribution in [0, 0.1) is 0 Å². The van der Waals surface area contributed by atoms with E-state index in [9.17, 15) is 9.59 Å². The molecule has 0 saturated heterocycles. The third-order valence-electron chi connectivity index (χ3n) is 4.56. The zero-order valence-corrected chi connectivity index (χ0v) is 19.5. The van der Waals surface area contributed by atoms with Crippen molar-refractivity contribution in [2.24, 2.45) is 0 Å². The summed E-state index contributed by atoms with van der Waals surface area (Å²) in [4.78, 5) is 27.7. The Morgan fingerprint density at radius 1 is 1.13 bits per heavy atom. The van der Waals surface area contributed by atoms with Crippen LogP contribution >= 0.6 is 11.6 Å². The van der Waals surface area contributed by atoms with Crippen LogP contribution in [0.1, 0.15) is 39.7 Å². The lowest BCUT2D eigenvalue weighted by Gasteiger charge is -2.33. The van der Waals surface area contributed by atoms with Crippen LogP contribution in [-0.2, 0) is 16.1 Å². The molecule has 2 aromatic rings. The Kier molecular flexibility index (Phi) is 8.75. The maximum Gasteiger partial charge on any atom is 0.261 e. The van der Waals surface area contributed by atoms with E-state index >= 15 is 0 Å². The van der Waals surface area contributed by atoms with Gasteiger partial charge in [-0.2, -0.15) is 0 Å². The fraction of sp³-hybridized carbons (Fsp3) is 0.417. The molecule has 0 saturated carbocycles. The molecular weight excluding hydrogens is 416 g/mol. The van der Waals surface area contributed by atoms with Gasteiger partial charge in [0.05, 0.1) is 12.1 Å². The van der Waals surface area contributed by atoms with Crippen molar-refractivity contribution in [2.75, 3.05) is 13.7 Å². The number of rotatable bonds is 9. The van der Waals surface area contributed by atoms with Crippen molar-refractivity contribution in [2.45, 2.75) is 52.2 Å². The number of methoxy groups -OCH3 is 1. The van der Waals surface area contributed by atoms with Crippen LogP contribution in [-0.4, -0.2) is 42.0 Å². The molecule has 1 unspecified atom stereocenters. The van der Waals surface area contributed by atoms with Crippen molar-refractivity contribution in [3.05, 3.63) is 59.1 Å². The van der Waals surface area contributed by atoms with Crippen LogP contribution < -0.4 is 14.8 Å². The monoisotopic (exact) mass is 446 g/mol.